The summed E-state index contributed by atoms with van der Waals surface area (Å²) in [7, 11) is -2.55. The van der Waals surface area contributed by atoms with E-state index in [1.807, 2.05) is 12.1 Å². The Labute approximate surface area is 232 Å². The quantitative estimate of drug-likeness (QED) is 0.355. The normalized spacial score (nSPS) is 17.0. The van der Waals surface area contributed by atoms with E-state index in [0.29, 0.717) is 29.6 Å². The summed E-state index contributed by atoms with van der Waals surface area (Å²) >= 11 is 0. The second kappa shape index (κ2) is 10.2. The summed E-state index contributed by atoms with van der Waals surface area (Å²) in [5.74, 6) is -0.137. The number of nitrogens with one attached hydrogen (secondary N) is 1. The van der Waals surface area contributed by atoms with E-state index in [2.05, 4.69) is 14.6 Å². The highest BCUT2D eigenvalue weighted by Crippen LogP contribution is 2.51. The first-order valence-corrected chi connectivity index (χ1v) is 14.6. The maximum Gasteiger partial charge on any atom is 0.264 e. The molecule has 1 amide bonds. The summed E-state index contributed by atoms with van der Waals surface area (Å²) in [6, 6.07) is 20.0. The maximum absolute atomic E-state index is 13.4. The second-order valence-electron chi connectivity index (χ2n) is 10.2. The molecule has 1 saturated heterocycles. The highest BCUT2D eigenvalue weighted by Gasteiger charge is 2.50. The molecule has 4 aromatic rings. The van der Waals surface area contributed by atoms with E-state index in [-0.39, 0.29) is 33.6 Å². The molecule has 0 unspecified atom stereocenters. The summed E-state index contributed by atoms with van der Waals surface area (Å²) in [4.78, 5) is 21.9. The topological polar surface area (TPSA) is 91.8 Å². The van der Waals surface area contributed by atoms with Crippen molar-refractivity contribution >= 4 is 32.5 Å². The average molecular weight is 561 g/mol. The number of rotatable bonds is 7. The fourth-order valence-electron chi connectivity index (χ4n) is 5.59. The van der Waals surface area contributed by atoms with Crippen molar-refractivity contribution in [1.29, 1.82) is 0 Å². The Balaban J connectivity index is 1.16. The molecule has 10 heteroatoms. The molecular formula is C30H29FN4O4S. The van der Waals surface area contributed by atoms with E-state index in [0.717, 1.165) is 31.5 Å². The molecule has 1 saturated carbocycles. The highest BCUT2D eigenvalue weighted by molar-refractivity contribution is 7.93. The van der Waals surface area contributed by atoms with Crippen molar-refractivity contribution in [2.45, 2.75) is 23.3 Å². The fraction of sp³-hybridized carbons (Fsp3) is 0.267. The monoisotopic (exact) mass is 560 g/mol. The van der Waals surface area contributed by atoms with Crippen molar-refractivity contribution in [2.24, 2.45) is 0 Å². The first-order chi connectivity index (χ1) is 19.3. The lowest BCUT2D eigenvalue weighted by Crippen LogP contribution is -2.52. The van der Waals surface area contributed by atoms with E-state index in [1.165, 1.54) is 25.3 Å². The number of hydrogen-bond acceptors (Lipinski definition) is 6. The van der Waals surface area contributed by atoms with Crippen LogP contribution in [0.2, 0.25) is 0 Å². The number of halogens is 1. The van der Waals surface area contributed by atoms with Gasteiger partial charge in [0, 0.05) is 48.9 Å². The van der Waals surface area contributed by atoms with Gasteiger partial charge in [-0.05, 0) is 60.9 Å². The van der Waals surface area contributed by atoms with E-state index >= 15 is 0 Å². The minimum Gasteiger partial charge on any atom is -0.495 e. The van der Waals surface area contributed by atoms with Crippen LogP contribution in [0, 0.1) is 5.82 Å². The van der Waals surface area contributed by atoms with Crippen LogP contribution in [0.3, 0.4) is 0 Å². The van der Waals surface area contributed by atoms with Gasteiger partial charge in [-0.1, -0.05) is 30.3 Å². The molecule has 0 atom stereocenters. The van der Waals surface area contributed by atoms with Gasteiger partial charge in [0.2, 0.25) is 0 Å². The Morgan fingerprint density at radius 3 is 2.40 bits per heavy atom. The van der Waals surface area contributed by atoms with Crippen molar-refractivity contribution in [3.63, 3.8) is 0 Å². The number of para-hydroxylation sites is 1. The molecule has 8 nitrogen and oxygen atoms in total. The summed E-state index contributed by atoms with van der Waals surface area (Å²) in [6.07, 6.45) is 3.60. The summed E-state index contributed by atoms with van der Waals surface area (Å²) < 4.78 is 48.1. The van der Waals surface area contributed by atoms with Gasteiger partial charge in [-0.2, -0.15) is 0 Å². The molecule has 1 aromatic heterocycles. The van der Waals surface area contributed by atoms with Gasteiger partial charge in [-0.25, -0.2) is 12.8 Å². The molecule has 6 rings (SSSR count). The molecule has 2 fully saturated rings. The largest absolute Gasteiger partial charge is 0.495 e. The minimum atomic E-state index is -3.98. The Bertz CT molecular complexity index is 1680. The predicted molar refractivity (Wildman–Crippen MR) is 150 cm³/mol. The van der Waals surface area contributed by atoms with Crippen LogP contribution in [0.5, 0.6) is 5.75 Å². The number of ether oxygens (including phenoxy) is 1. The van der Waals surface area contributed by atoms with Gasteiger partial charge in [0.15, 0.2) is 0 Å². The van der Waals surface area contributed by atoms with Crippen LogP contribution in [0.25, 0.3) is 10.9 Å². The zero-order valence-corrected chi connectivity index (χ0v) is 22.8. The summed E-state index contributed by atoms with van der Waals surface area (Å²) in [6.45, 7) is 2.56. The maximum atomic E-state index is 13.4. The molecule has 1 aliphatic heterocycles. The predicted octanol–water partition coefficient (Wildman–Crippen LogP) is 4.63. The molecule has 0 spiro atoms. The van der Waals surface area contributed by atoms with Crippen molar-refractivity contribution in [3.05, 3.63) is 95.9 Å². The molecule has 3 aromatic carbocycles. The third-order valence-corrected chi connectivity index (χ3v) is 9.25. The lowest BCUT2D eigenvalue weighted by atomic mass is 10.0. The number of aromatic nitrogens is 1. The van der Waals surface area contributed by atoms with Crippen LogP contribution >= 0.6 is 0 Å². The number of carbonyl (C=O) groups excluding carboxylic acids is 1. The van der Waals surface area contributed by atoms with Gasteiger partial charge in [0.25, 0.3) is 15.9 Å². The first-order valence-electron chi connectivity index (χ1n) is 13.2. The van der Waals surface area contributed by atoms with Crippen LogP contribution in [0.15, 0.2) is 83.9 Å². The fourth-order valence-corrected chi connectivity index (χ4v) is 6.84. The molecular weight excluding hydrogens is 531 g/mol. The van der Waals surface area contributed by atoms with E-state index in [1.54, 1.807) is 53.6 Å². The Kier molecular flexibility index (Phi) is 6.67. The van der Waals surface area contributed by atoms with Crippen LogP contribution < -0.4 is 9.46 Å². The van der Waals surface area contributed by atoms with Gasteiger partial charge < -0.3 is 9.64 Å². The van der Waals surface area contributed by atoms with Crippen molar-refractivity contribution in [1.82, 2.24) is 14.8 Å². The molecule has 40 heavy (non-hydrogen) atoms. The zero-order chi connectivity index (χ0) is 27.9. The highest BCUT2D eigenvalue weighted by atomic mass is 32.2. The Hall–Kier alpha value is -4.02. The molecule has 2 aliphatic rings. The third-order valence-electron chi connectivity index (χ3n) is 7.86. The number of anilines is 1. The number of carbonyl (C=O) groups is 1. The van der Waals surface area contributed by atoms with Gasteiger partial charge in [0.05, 0.1) is 18.3 Å². The number of pyridine rings is 1. The van der Waals surface area contributed by atoms with E-state index < -0.39 is 10.0 Å². The molecule has 1 N–H and O–H groups in total. The average Bonchev–Trinajstić information content (AvgIpc) is 3.79. The molecule has 0 radical (unpaired) electrons. The van der Waals surface area contributed by atoms with E-state index in [4.69, 9.17) is 4.74 Å². The first kappa shape index (κ1) is 26.2. The van der Waals surface area contributed by atoms with E-state index in [9.17, 15) is 17.6 Å². The Morgan fingerprint density at radius 2 is 1.70 bits per heavy atom. The number of fused-ring (bicyclic) bond motifs is 1. The molecule has 0 bridgehead atoms. The number of amides is 1. The number of sulfonamides is 1. The van der Waals surface area contributed by atoms with Gasteiger partial charge in [0.1, 0.15) is 16.5 Å². The summed E-state index contributed by atoms with van der Waals surface area (Å²) in [5.41, 5.74) is 2.07. The van der Waals surface area contributed by atoms with Gasteiger partial charge >= 0.3 is 0 Å². The zero-order valence-electron chi connectivity index (χ0n) is 22.0. The summed E-state index contributed by atoms with van der Waals surface area (Å²) in [5, 5.41) is 0.712. The van der Waals surface area contributed by atoms with Crippen LogP contribution in [-0.2, 0) is 15.6 Å². The smallest absolute Gasteiger partial charge is 0.264 e. The standard InChI is InChI=1S/C30H29FN4O4S/c1-39-26-20-22(7-12-25(26)33-40(37,38)27-6-2-4-21-5-3-15-32-28(21)27)29(36)34-16-18-35(19-17-34)30(13-14-30)23-8-10-24(31)11-9-23/h2-12,15,20,33H,13-14,16-19H2,1H3. The van der Waals surface area contributed by atoms with Crippen molar-refractivity contribution in [3.8, 4) is 5.75 Å². The van der Waals surface area contributed by atoms with Gasteiger partial charge in [-0.15, -0.1) is 0 Å². The Morgan fingerprint density at radius 1 is 0.975 bits per heavy atom. The third kappa shape index (κ3) is 4.77. The molecule has 2 heterocycles. The van der Waals surface area contributed by atoms with Crippen LogP contribution in [0.4, 0.5) is 10.1 Å². The number of hydrogen-bond donors (Lipinski definition) is 1. The minimum absolute atomic E-state index is 0.0553. The number of piperazine rings is 1. The van der Waals surface area contributed by atoms with Crippen LogP contribution in [-0.4, -0.2) is 62.4 Å². The number of benzene rings is 3. The number of methoxy groups -OCH3 is 1. The number of nitrogens with zero attached hydrogens (tertiary/aromatic N) is 3. The van der Waals surface area contributed by atoms with Crippen molar-refractivity contribution < 1.29 is 22.3 Å². The second-order valence-corrected chi connectivity index (χ2v) is 11.8. The lowest BCUT2D eigenvalue weighted by Gasteiger charge is -2.40. The van der Waals surface area contributed by atoms with Gasteiger partial charge in [-0.3, -0.25) is 19.4 Å². The lowest BCUT2D eigenvalue weighted by molar-refractivity contribution is 0.0531. The SMILES string of the molecule is COc1cc(C(=O)N2CCN(C3(c4ccc(F)cc4)CC3)CC2)ccc1NS(=O)(=O)c1cccc2cccnc12. The van der Waals surface area contributed by atoms with Crippen LogP contribution in [0.1, 0.15) is 28.8 Å². The molecule has 206 valence electrons. The molecule has 1 aliphatic carbocycles. The van der Waals surface area contributed by atoms with Crippen molar-refractivity contribution in [2.75, 3.05) is 38.0 Å².